The van der Waals surface area contributed by atoms with Crippen LogP contribution in [0.15, 0.2) is 18.2 Å². The van der Waals surface area contributed by atoms with Gasteiger partial charge < -0.3 is 9.47 Å². The van der Waals surface area contributed by atoms with Gasteiger partial charge in [0.05, 0.1) is 23.9 Å². The van der Waals surface area contributed by atoms with E-state index in [1.165, 1.54) is 18.2 Å². The number of benzene rings is 1. The molecule has 1 aromatic rings. The van der Waals surface area contributed by atoms with E-state index >= 15 is 0 Å². The molecule has 2 bridgehead atoms. The summed E-state index contributed by atoms with van der Waals surface area (Å²) in [5.41, 5.74) is -0.529. The highest BCUT2D eigenvalue weighted by molar-refractivity contribution is 5.19. The minimum atomic E-state index is -0.555. The van der Waals surface area contributed by atoms with Gasteiger partial charge in [-0.3, -0.25) is 0 Å². The molecule has 0 saturated carbocycles. The van der Waals surface area contributed by atoms with Crippen molar-refractivity contribution in [3.63, 3.8) is 0 Å². The van der Waals surface area contributed by atoms with E-state index in [0.29, 0.717) is 5.92 Å². The fraction of sp³-hybridized carbons (Fsp3) is 0.667. The Kier molecular flexibility index (Phi) is 3.81. The Morgan fingerprint density at radius 3 is 2.45 bits per heavy atom. The maximum Gasteiger partial charge on any atom is 0.131 e. The Bertz CT molecular complexity index is 554. The van der Waals surface area contributed by atoms with Crippen molar-refractivity contribution < 1.29 is 18.3 Å². The number of rotatable bonds is 4. The first-order valence-electron chi connectivity index (χ1n) is 8.05. The highest BCUT2D eigenvalue weighted by Crippen LogP contribution is 2.58. The maximum atomic E-state index is 13.8. The molecule has 22 heavy (non-hydrogen) atoms. The molecule has 1 aromatic carbocycles. The lowest BCUT2D eigenvalue weighted by Crippen LogP contribution is -2.46. The zero-order chi connectivity index (χ0) is 16.1. The minimum absolute atomic E-state index is 0.000305. The molecule has 2 fully saturated rings. The van der Waals surface area contributed by atoms with Crippen molar-refractivity contribution in [3.05, 3.63) is 35.4 Å². The number of fused-ring (bicyclic) bond motifs is 2. The molecule has 2 nitrogen and oxygen atoms in total. The second-order valence-corrected chi connectivity index (χ2v) is 7.24. The van der Waals surface area contributed by atoms with Crippen LogP contribution in [0.5, 0.6) is 0 Å². The standard InChI is InChI=1S/C18H24F2O2/c1-11(2)18-9-8-17(4,22-18)16(12(18)3)21-10-13-14(19)6-5-7-15(13)20/h5-7,11-12,16H,8-10H2,1-4H3/t12-,16-,17+,18+/m1/s1. The van der Waals surface area contributed by atoms with E-state index < -0.39 is 11.6 Å². The van der Waals surface area contributed by atoms with Gasteiger partial charge in [0.25, 0.3) is 0 Å². The minimum Gasteiger partial charge on any atom is -0.370 e. The van der Waals surface area contributed by atoms with Gasteiger partial charge in [-0.1, -0.05) is 26.8 Å². The SMILES string of the molecule is CC(C)[C@]12CC[C@](C)(O1)[C@H](OCc1c(F)cccc1F)[C@H]2C. The Labute approximate surface area is 130 Å². The molecule has 2 saturated heterocycles. The number of hydrogen-bond acceptors (Lipinski definition) is 2. The third-order valence-electron chi connectivity index (χ3n) is 5.71. The summed E-state index contributed by atoms with van der Waals surface area (Å²) in [4.78, 5) is 0. The Hall–Kier alpha value is -1.00. The van der Waals surface area contributed by atoms with E-state index in [0.717, 1.165) is 12.8 Å². The van der Waals surface area contributed by atoms with Gasteiger partial charge in [-0.05, 0) is 37.8 Å². The molecular weight excluding hydrogens is 286 g/mol. The smallest absolute Gasteiger partial charge is 0.131 e. The van der Waals surface area contributed by atoms with E-state index in [-0.39, 0.29) is 35.4 Å². The first-order chi connectivity index (χ1) is 10.3. The van der Waals surface area contributed by atoms with Crippen LogP contribution < -0.4 is 0 Å². The van der Waals surface area contributed by atoms with Crippen LogP contribution in [0.2, 0.25) is 0 Å². The van der Waals surface area contributed by atoms with E-state index in [4.69, 9.17) is 9.47 Å². The Morgan fingerprint density at radius 1 is 1.27 bits per heavy atom. The average Bonchev–Trinajstić information content (AvgIpc) is 2.90. The van der Waals surface area contributed by atoms with E-state index in [1.807, 2.05) is 0 Å². The van der Waals surface area contributed by atoms with E-state index in [1.54, 1.807) is 0 Å². The summed E-state index contributed by atoms with van der Waals surface area (Å²) in [7, 11) is 0. The van der Waals surface area contributed by atoms with Crippen LogP contribution >= 0.6 is 0 Å². The van der Waals surface area contributed by atoms with E-state index in [9.17, 15) is 8.78 Å². The Balaban J connectivity index is 1.79. The van der Waals surface area contributed by atoms with Crippen LogP contribution in [0.4, 0.5) is 8.78 Å². The molecule has 0 aromatic heterocycles. The van der Waals surface area contributed by atoms with Gasteiger partial charge in [-0.15, -0.1) is 0 Å². The third kappa shape index (κ3) is 2.19. The average molecular weight is 310 g/mol. The number of halogens is 2. The van der Waals surface area contributed by atoms with Crippen LogP contribution in [-0.4, -0.2) is 17.3 Å². The zero-order valence-corrected chi connectivity index (χ0v) is 13.7. The van der Waals surface area contributed by atoms with Crippen molar-refractivity contribution in [2.45, 2.75) is 64.4 Å². The molecule has 0 spiro atoms. The molecule has 0 radical (unpaired) electrons. The summed E-state index contributed by atoms with van der Waals surface area (Å²) >= 11 is 0. The first kappa shape index (κ1) is 15.9. The summed E-state index contributed by atoms with van der Waals surface area (Å²) in [5.74, 6) is -0.509. The molecule has 4 heteroatoms. The summed E-state index contributed by atoms with van der Waals surface area (Å²) in [5, 5.41) is 0. The summed E-state index contributed by atoms with van der Waals surface area (Å²) < 4.78 is 39.9. The highest BCUT2D eigenvalue weighted by atomic mass is 19.1. The topological polar surface area (TPSA) is 18.5 Å². The molecule has 4 atom stereocenters. The lowest BCUT2D eigenvalue weighted by molar-refractivity contribution is -0.0965. The normalized spacial score (nSPS) is 37.2. The van der Waals surface area contributed by atoms with Crippen LogP contribution in [-0.2, 0) is 16.1 Å². The van der Waals surface area contributed by atoms with Crippen molar-refractivity contribution in [2.75, 3.05) is 0 Å². The molecule has 3 rings (SSSR count). The lowest BCUT2D eigenvalue weighted by Gasteiger charge is -2.38. The van der Waals surface area contributed by atoms with Crippen LogP contribution in [0.25, 0.3) is 0 Å². The van der Waals surface area contributed by atoms with Crippen LogP contribution in [0.3, 0.4) is 0 Å². The second kappa shape index (κ2) is 5.27. The number of hydrogen-bond donors (Lipinski definition) is 0. The molecule has 0 aliphatic carbocycles. The van der Waals surface area contributed by atoms with Gasteiger partial charge in [0.2, 0.25) is 0 Å². The van der Waals surface area contributed by atoms with Gasteiger partial charge >= 0.3 is 0 Å². The predicted molar refractivity (Wildman–Crippen MR) is 80.4 cm³/mol. The fourth-order valence-electron chi connectivity index (χ4n) is 4.38. The number of ether oxygens (including phenoxy) is 2. The molecule has 2 heterocycles. The first-order valence-corrected chi connectivity index (χ1v) is 8.05. The molecular formula is C18H24F2O2. The summed E-state index contributed by atoms with van der Waals surface area (Å²) in [6, 6.07) is 3.89. The molecule has 122 valence electrons. The van der Waals surface area contributed by atoms with Crippen LogP contribution in [0, 0.1) is 23.5 Å². The molecule has 2 aliphatic rings. The van der Waals surface area contributed by atoms with Crippen molar-refractivity contribution in [1.82, 2.24) is 0 Å². The summed E-state index contributed by atoms with van der Waals surface area (Å²) in [6.07, 6.45) is 1.82. The fourth-order valence-corrected chi connectivity index (χ4v) is 4.38. The molecule has 0 amide bonds. The monoisotopic (exact) mass is 310 g/mol. The van der Waals surface area contributed by atoms with Crippen molar-refractivity contribution in [2.24, 2.45) is 11.8 Å². The Morgan fingerprint density at radius 2 is 1.91 bits per heavy atom. The highest BCUT2D eigenvalue weighted by Gasteiger charge is 2.65. The second-order valence-electron chi connectivity index (χ2n) is 7.24. The zero-order valence-electron chi connectivity index (χ0n) is 13.7. The van der Waals surface area contributed by atoms with Gasteiger partial charge in [-0.2, -0.15) is 0 Å². The van der Waals surface area contributed by atoms with E-state index in [2.05, 4.69) is 27.7 Å². The van der Waals surface area contributed by atoms with Crippen LogP contribution in [0.1, 0.15) is 46.1 Å². The maximum absolute atomic E-state index is 13.8. The van der Waals surface area contributed by atoms with Gasteiger partial charge in [0.1, 0.15) is 11.6 Å². The quantitative estimate of drug-likeness (QED) is 0.817. The van der Waals surface area contributed by atoms with Gasteiger partial charge in [-0.25, -0.2) is 8.78 Å². The summed E-state index contributed by atoms with van der Waals surface area (Å²) in [6.45, 7) is 8.47. The third-order valence-corrected chi connectivity index (χ3v) is 5.71. The molecule has 0 N–H and O–H groups in total. The molecule has 0 unspecified atom stereocenters. The molecule has 2 aliphatic heterocycles. The van der Waals surface area contributed by atoms with Crippen molar-refractivity contribution >= 4 is 0 Å². The van der Waals surface area contributed by atoms with Gasteiger partial charge in [0, 0.05) is 11.5 Å². The van der Waals surface area contributed by atoms with Crippen molar-refractivity contribution in [3.8, 4) is 0 Å². The van der Waals surface area contributed by atoms with Crippen molar-refractivity contribution in [1.29, 1.82) is 0 Å². The van der Waals surface area contributed by atoms with Gasteiger partial charge in [0.15, 0.2) is 0 Å². The largest absolute Gasteiger partial charge is 0.370 e. The lowest BCUT2D eigenvalue weighted by atomic mass is 9.69. The predicted octanol–water partition coefficient (Wildman–Crippen LogP) is 4.46.